The molecule has 2 rings (SSSR count). The van der Waals surface area contributed by atoms with Gasteiger partial charge in [0, 0.05) is 19.7 Å². The van der Waals surface area contributed by atoms with Crippen LogP contribution in [0.15, 0.2) is 0 Å². The third-order valence-electron chi connectivity index (χ3n) is 3.19. The van der Waals surface area contributed by atoms with Gasteiger partial charge in [-0.3, -0.25) is 4.79 Å². The van der Waals surface area contributed by atoms with Gasteiger partial charge in [-0.15, -0.1) is 0 Å². The Morgan fingerprint density at radius 1 is 1.50 bits per heavy atom. The Morgan fingerprint density at radius 2 is 2.21 bits per heavy atom. The van der Waals surface area contributed by atoms with Crippen molar-refractivity contribution >= 4 is 5.91 Å². The van der Waals surface area contributed by atoms with Crippen LogP contribution in [0.1, 0.15) is 20.3 Å². The number of amides is 1. The molecule has 2 fully saturated rings. The first-order chi connectivity index (χ1) is 6.59. The van der Waals surface area contributed by atoms with Crippen molar-refractivity contribution in [1.82, 2.24) is 10.6 Å². The number of nitrogens with one attached hydrogen (secondary N) is 2. The van der Waals surface area contributed by atoms with E-state index in [0.29, 0.717) is 0 Å². The van der Waals surface area contributed by atoms with E-state index in [1.165, 1.54) is 0 Å². The van der Waals surface area contributed by atoms with E-state index in [2.05, 4.69) is 10.6 Å². The quantitative estimate of drug-likeness (QED) is 0.651. The molecule has 0 spiro atoms. The number of ether oxygens (including phenoxy) is 1. The second kappa shape index (κ2) is 3.51. The highest BCUT2D eigenvalue weighted by atomic mass is 16.5. The lowest BCUT2D eigenvalue weighted by molar-refractivity contribution is -0.128. The van der Waals surface area contributed by atoms with E-state index >= 15 is 0 Å². The number of carbonyl (C=O) groups excluding carboxylic acids is 1. The molecule has 1 unspecified atom stereocenters. The zero-order chi connectivity index (χ0) is 10.2. The molecule has 1 amide bonds. The first-order valence-electron chi connectivity index (χ1n) is 5.24. The minimum absolute atomic E-state index is 0.173. The van der Waals surface area contributed by atoms with Crippen molar-refractivity contribution in [2.24, 2.45) is 5.92 Å². The highest BCUT2D eigenvalue weighted by Gasteiger charge is 2.38. The van der Waals surface area contributed by atoms with Crippen LogP contribution in [0.5, 0.6) is 0 Å². The van der Waals surface area contributed by atoms with Gasteiger partial charge in [-0.05, 0) is 20.3 Å². The lowest BCUT2D eigenvalue weighted by atomic mass is 9.96. The molecule has 4 heteroatoms. The molecule has 0 aromatic rings. The maximum atomic E-state index is 11.7. The fourth-order valence-corrected chi connectivity index (χ4v) is 1.90. The third-order valence-corrected chi connectivity index (χ3v) is 3.19. The van der Waals surface area contributed by atoms with Crippen LogP contribution in [0.4, 0.5) is 0 Å². The van der Waals surface area contributed by atoms with Gasteiger partial charge in [0.2, 0.25) is 5.91 Å². The van der Waals surface area contributed by atoms with Crippen LogP contribution in [-0.4, -0.2) is 37.2 Å². The summed E-state index contributed by atoms with van der Waals surface area (Å²) >= 11 is 0. The van der Waals surface area contributed by atoms with Gasteiger partial charge in [-0.2, -0.15) is 0 Å². The smallest absolute Gasteiger partial charge is 0.226 e. The van der Waals surface area contributed by atoms with Crippen molar-refractivity contribution in [2.75, 3.05) is 19.7 Å². The summed E-state index contributed by atoms with van der Waals surface area (Å²) in [5.41, 5.74) is -0.202. The highest BCUT2D eigenvalue weighted by Crippen LogP contribution is 2.25. The fourth-order valence-electron chi connectivity index (χ4n) is 1.90. The van der Waals surface area contributed by atoms with E-state index in [9.17, 15) is 4.79 Å². The van der Waals surface area contributed by atoms with E-state index in [0.717, 1.165) is 26.1 Å². The van der Waals surface area contributed by atoms with Gasteiger partial charge in [0.05, 0.1) is 17.6 Å². The number of hydrogen-bond donors (Lipinski definition) is 2. The van der Waals surface area contributed by atoms with Crippen molar-refractivity contribution in [1.29, 1.82) is 0 Å². The Morgan fingerprint density at radius 3 is 2.64 bits per heavy atom. The van der Waals surface area contributed by atoms with E-state index in [-0.39, 0.29) is 23.5 Å². The van der Waals surface area contributed by atoms with Crippen LogP contribution >= 0.6 is 0 Å². The molecule has 1 atom stereocenters. The topological polar surface area (TPSA) is 50.4 Å². The van der Waals surface area contributed by atoms with Gasteiger partial charge in [-0.25, -0.2) is 0 Å². The van der Waals surface area contributed by atoms with E-state index in [4.69, 9.17) is 4.74 Å². The van der Waals surface area contributed by atoms with E-state index < -0.39 is 0 Å². The second-order valence-corrected chi connectivity index (χ2v) is 4.66. The normalized spacial score (nSPS) is 31.1. The maximum Gasteiger partial charge on any atom is 0.226 e. The van der Waals surface area contributed by atoms with Gasteiger partial charge in [0.1, 0.15) is 0 Å². The van der Waals surface area contributed by atoms with Crippen LogP contribution in [-0.2, 0) is 9.53 Å². The summed E-state index contributed by atoms with van der Waals surface area (Å²) in [7, 11) is 0. The van der Waals surface area contributed by atoms with E-state index in [1.54, 1.807) is 0 Å². The van der Waals surface area contributed by atoms with Crippen molar-refractivity contribution in [2.45, 2.75) is 31.9 Å². The molecule has 2 heterocycles. The summed E-state index contributed by atoms with van der Waals surface area (Å²) in [6.07, 6.45) is 0.929. The lowest BCUT2D eigenvalue weighted by Crippen LogP contribution is -2.55. The predicted molar refractivity (Wildman–Crippen MR) is 52.9 cm³/mol. The van der Waals surface area contributed by atoms with Crippen molar-refractivity contribution in [3.63, 3.8) is 0 Å². The third kappa shape index (κ3) is 1.77. The molecule has 0 radical (unpaired) electrons. The van der Waals surface area contributed by atoms with Crippen LogP contribution in [0.25, 0.3) is 0 Å². The van der Waals surface area contributed by atoms with Crippen molar-refractivity contribution in [3.05, 3.63) is 0 Å². The Kier molecular flexibility index (Phi) is 2.49. The number of rotatable bonds is 2. The van der Waals surface area contributed by atoms with Crippen LogP contribution in [0.2, 0.25) is 0 Å². The van der Waals surface area contributed by atoms with Gasteiger partial charge in [0.25, 0.3) is 0 Å². The largest absolute Gasteiger partial charge is 0.373 e. The molecule has 80 valence electrons. The average molecular weight is 198 g/mol. The van der Waals surface area contributed by atoms with Gasteiger partial charge in [0.15, 0.2) is 0 Å². The fraction of sp³-hybridized carbons (Fsp3) is 0.900. The Hall–Kier alpha value is -0.610. The minimum atomic E-state index is -0.202. The average Bonchev–Trinajstić information content (AvgIpc) is 2.27. The van der Waals surface area contributed by atoms with Crippen molar-refractivity contribution < 1.29 is 9.53 Å². The standard InChI is InChI=1S/C10H18N2O2/c1-10(2)8(3-4-14-10)12-9(13)7-5-11-6-7/h7-8,11H,3-6H2,1-2H3,(H,12,13). The summed E-state index contributed by atoms with van der Waals surface area (Å²) in [6, 6.07) is 0.176. The molecule has 0 aromatic heterocycles. The molecule has 2 aliphatic heterocycles. The molecule has 2 aliphatic rings. The molecule has 0 aromatic carbocycles. The first kappa shape index (κ1) is 9.93. The number of hydrogen-bond acceptors (Lipinski definition) is 3. The summed E-state index contributed by atoms with van der Waals surface area (Å²) < 4.78 is 5.55. The Balaban J connectivity index is 1.87. The van der Waals surface area contributed by atoms with Crippen LogP contribution in [0, 0.1) is 5.92 Å². The highest BCUT2D eigenvalue weighted by molar-refractivity contribution is 5.80. The summed E-state index contributed by atoms with van der Waals surface area (Å²) in [5, 5.41) is 6.16. The second-order valence-electron chi connectivity index (χ2n) is 4.66. The number of carbonyl (C=O) groups is 1. The van der Waals surface area contributed by atoms with Crippen molar-refractivity contribution in [3.8, 4) is 0 Å². The zero-order valence-corrected chi connectivity index (χ0v) is 8.80. The molecule has 0 bridgehead atoms. The zero-order valence-electron chi connectivity index (χ0n) is 8.80. The minimum Gasteiger partial charge on any atom is -0.373 e. The maximum absolute atomic E-state index is 11.7. The summed E-state index contributed by atoms with van der Waals surface area (Å²) in [6.45, 7) is 6.45. The summed E-state index contributed by atoms with van der Waals surface area (Å²) in [5.74, 6) is 0.346. The van der Waals surface area contributed by atoms with Gasteiger partial charge < -0.3 is 15.4 Å². The monoisotopic (exact) mass is 198 g/mol. The van der Waals surface area contributed by atoms with Crippen LogP contribution in [0.3, 0.4) is 0 Å². The molecular formula is C10H18N2O2. The Bertz CT molecular complexity index is 236. The van der Waals surface area contributed by atoms with Gasteiger partial charge in [-0.1, -0.05) is 0 Å². The molecule has 0 saturated carbocycles. The van der Waals surface area contributed by atoms with E-state index in [1.807, 2.05) is 13.8 Å². The Labute approximate surface area is 84.4 Å². The SMILES string of the molecule is CC1(C)OCCC1NC(=O)C1CNC1. The van der Waals surface area contributed by atoms with Crippen LogP contribution < -0.4 is 10.6 Å². The lowest BCUT2D eigenvalue weighted by Gasteiger charge is -2.31. The molecule has 14 heavy (non-hydrogen) atoms. The molecular weight excluding hydrogens is 180 g/mol. The molecule has 2 saturated heterocycles. The summed E-state index contributed by atoms with van der Waals surface area (Å²) in [4.78, 5) is 11.7. The molecule has 4 nitrogen and oxygen atoms in total. The van der Waals surface area contributed by atoms with Gasteiger partial charge >= 0.3 is 0 Å². The first-order valence-corrected chi connectivity index (χ1v) is 5.24. The predicted octanol–water partition coefficient (Wildman–Crippen LogP) is -0.110. The molecule has 2 N–H and O–H groups in total. The molecule has 0 aliphatic carbocycles.